The zero-order chi connectivity index (χ0) is 22.7. The van der Waals surface area contributed by atoms with Gasteiger partial charge in [-0.2, -0.15) is 8.78 Å². The molecule has 9 heteroatoms. The van der Waals surface area contributed by atoms with Crippen LogP contribution in [-0.2, 0) is 0 Å². The normalized spacial score (nSPS) is 16.1. The van der Waals surface area contributed by atoms with Crippen molar-refractivity contribution >= 4 is 17.4 Å². The monoisotopic (exact) mass is 439 g/mol. The molecule has 1 aliphatic rings. The maximum absolute atomic E-state index is 13.0. The maximum atomic E-state index is 13.0. The number of ether oxygens (including phenoxy) is 1. The van der Waals surface area contributed by atoms with Gasteiger partial charge in [0.15, 0.2) is 0 Å². The molecule has 0 unspecified atom stereocenters. The number of nitrogens with zero attached hydrogens (tertiary/aromatic N) is 4. The van der Waals surface area contributed by atoms with E-state index in [1.54, 1.807) is 18.5 Å². The van der Waals surface area contributed by atoms with E-state index in [1.165, 1.54) is 36.8 Å². The van der Waals surface area contributed by atoms with Crippen molar-refractivity contribution in [1.29, 1.82) is 0 Å². The molecule has 166 valence electrons. The Morgan fingerprint density at radius 1 is 1.19 bits per heavy atom. The van der Waals surface area contributed by atoms with Crippen LogP contribution in [0.3, 0.4) is 0 Å². The highest BCUT2D eigenvalue weighted by Crippen LogP contribution is 2.32. The smallest absolute Gasteiger partial charge is 0.394 e. The van der Waals surface area contributed by atoms with Crippen molar-refractivity contribution in [3.8, 4) is 16.9 Å². The van der Waals surface area contributed by atoms with Crippen LogP contribution in [0.5, 0.6) is 5.75 Å². The number of benzene rings is 1. The largest absolute Gasteiger partial charge is 0.433 e. The number of pyridine rings is 1. The highest BCUT2D eigenvalue weighted by molar-refractivity contribution is 6.05. The fourth-order valence-corrected chi connectivity index (χ4v) is 3.63. The van der Waals surface area contributed by atoms with Gasteiger partial charge in [0, 0.05) is 55.4 Å². The number of hydrogen-bond donors (Lipinski definition) is 1. The van der Waals surface area contributed by atoms with E-state index in [0.717, 1.165) is 36.5 Å². The number of carbonyl (C=O) groups is 1. The topological polar surface area (TPSA) is 80.2 Å². The molecular formula is C23H23F2N5O2. The summed E-state index contributed by atoms with van der Waals surface area (Å²) in [7, 11) is 0. The molecule has 0 spiro atoms. The summed E-state index contributed by atoms with van der Waals surface area (Å²) in [5.74, 6) is 1.00. The molecule has 0 radical (unpaired) electrons. The minimum atomic E-state index is -3.27. The van der Waals surface area contributed by atoms with Crippen LogP contribution in [0, 0.1) is 5.92 Å². The van der Waals surface area contributed by atoms with E-state index in [-0.39, 0.29) is 11.7 Å². The van der Waals surface area contributed by atoms with Gasteiger partial charge in [0.2, 0.25) is 0 Å². The Hall–Kier alpha value is -3.62. The molecule has 3 aromatic rings. The lowest BCUT2D eigenvalue weighted by atomic mass is 10.1. The fourth-order valence-electron chi connectivity index (χ4n) is 3.63. The molecule has 1 aliphatic heterocycles. The van der Waals surface area contributed by atoms with Gasteiger partial charge in [-0.3, -0.25) is 4.79 Å². The number of nitrogens with one attached hydrogen (secondary N) is 1. The van der Waals surface area contributed by atoms with Gasteiger partial charge in [-0.15, -0.1) is 0 Å². The SMILES string of the molecule is C[C@@H]1CCN(c2ncc(C(=O)Nc3ccc(OC(C)(F)F)cc3)cc2-c2cncnc2)C1. The second-order valence-corrected chi connectivity index (χ2v) is 7.95. The predicted octanol–water partition coefficient (Wildman–Crippen LogP) is 4.63. The van der Waals surface area contributed by atoms with Crippen LogP contribution in [0.1, 0.15) is 30.6 Å². The molecule has 1 atom stereocenters. The predicted molar refractivity (Wildman–Crippen MR) is 117 cm³/mol. The third-order valence-corrected chi connectivity index (χ3v) is 5.13. The minimum absolute atomic E-state index is 0.00715. The van der Waals surface area contributed by atoms with Gasteiger partial charge in [-0.1, -0.05) is 6.92 Å². The third kappa shape index (κ3) is 5.16. The van der Waals surface area contributed by atoms with Crippen LogP contribution in [0.2, 0.25) is 0 Å². The van der Waals surface area contributed by atoms with Crippen molar-refractivity contribution < 1.29 is 18.3 Å². The van der Waals surface area contributed by atoms with E-state index >= 15 is 0 Å². The Morgan fingerprint density at radius 3 is 2.53 bits per heavy atom. The van der Waals surface area contributed by atoms with Gasteiger partial charge < -0.3 is 15.0 Å². The lowest BCUT2D eigenvalue weighted by Gasteiger charge is -2.21. The molecule has 4 rings (SSSR count). The molecule has 1 saturated heterocycles. The molecule has 32 heavy (non-hydrogen) atoms. The molecule has 1 fully saturated rings. The van der Waals surface area contributed by atoms with E-state index in [1.807, 2.05) is 0 Å². The Balaban J connectivity index is 1.57. The van der Waals surface area contributed by atoms with Crippen molar-refractivity contribution in [3.63, 3.8) is 0 Å². The molecule has 3 heterocycles. The molecule has 7 nitrogen and oxygen atoms in total. The van der Waals surface area contributed by atoms with E-state index in [4.69, 9.17) is 0 Å². The third-order valence-electron chi connectivity index (χ3n) is 5.13. The van der Waals surface area contributed by atoms with Crippen LogP contribution >= 0.6 is 0 Å². The molecule has 0 bridgehead atoms. The van der Waals surface area contributed by atoms with Crippen molar-refractivity contribution in [2.75, 3.05) is 23.3 Å². The van der Waals surface area contributed by atoms with Gasteiger partial charge in [-0.05, 0) is 42.7 Å². The summed E-state index contributed by atoms with van der Waals surface area (Å²) in [6, 6.07) is 7.51. The Morgan fingerprint density at radius 2 is 1.91 bits per heavy atom. The highest BCUT2D eigenvalue weighted by Gasteiger charge is 2.25. The van der Waals surface area contributed by atoms with Gasteiger partial charge >= 0.3 is 6.11 Å². The molecule has 1 N–H and O–H groups in total. The zero-order valence-electron chi connectivity index (χ0n) is 17.8. The van der Waals surface area contributed by atoms with E-state index in [0.29, 0.717) is 24.1 Å². The van der Waals surface area contributed by atoms with E-state index in [2.05, 4.69) is 36.8 Å². The Kier molecular flexibility index (Phi) is 5.98. The van der Waals surface area contributed by atoms with E-state index < -0.39 is 6.11 Å². The van der Waals surface area contributed by atoms with Crippen molar-refractivity contribution in [1.82, 2.24) is 15.0 Å². The first kappa shape index (κ1) is 21.6. The summed E-state index contributed by atoms with van der Waals surface area (Å²) < 4.78 is 30.5. The van der Waals surface area contributed by atoms with Crippen molar-refractivity contribution in [3.05, 3.63) is 60.8 Å². The number of hydrogen-bond acceptors (Lipinski definition) is 6. The average molecular weight is 439 g/mol. The number of anilines is 2. The minimum Gasteiger partial charge on any atom is -0.433 e. The summed E-state index contributed by atoms with van der Waals surface area (Å²) in [6.45, 7) is 4.65. The van der Waals surface area contributed by atoms with Gasteiger partial charge in [-0.25, -0.2) is 15.0 Å². The summed E-state index contributed by atoms with van der Waals surface area (Å²) in [5, 5.41) is 2.76. The number of aromatic nitrogens is 3. The zero-order valence-corrected chi connectivity index (χ0v) is 17.8. The molecule has 1 aromatic carbocycles. The summed E-state index contributed by atoms with van der Waals surface area (Å²) >= 11 is 0. The second kappa shape index (κ2) is 8.86. The lowest BCUT2D eigenvalue weighted by Crippen LogP contribution is -2.22. The molecule has 0 saturated carbocycles. The number of alkyl halides is 2. The highest BCUT2D eigenvalue weighted by atomic mass is 19.3. The fraction of sp³-hybridized carbons (Fsp3) is 0.304. The number of amides is 1. The average Bonchev–Trinajstić information content (AvgIpc) is 3.20. The first-order chi connectivity index (χ1) is 15.3. The van der Waals surface area contributed by atoms with Crippen LogP contribution in [-0.4, -0.2) is 40.1 Å². The molecule has 0 aliphatic carbocycles. The summed E-state index contributed by atoms with van der Waals surface area (Å²) in [6.07, 6.45) is 4.18. The van der Waals surface area contributed by atoms with Crippen LogP contribution in [0.25, 0.3) is 11.1 Å². The Bertz CT molecular complexity index is 1090. The second-order valence-electron chi connectivity index (χ2n) is 7.95. The van der Waals surface area contributed by atoms with E-state index in [9.17, 15) is 13.6 Å². The van der Waals surface area contributed by atoms with Gasteiger partial charge in [0.05, 0.1) is 5.56 Å². The molecule has 2 aromatic heterocycles. The van der Waals surface area contributed by atoms with Crippen LogP contribution in [0.4, 0.5) is 20.3 Å². The quantitative estimate of drug-likeness (QED) is 0.603. The number of halogens is 2. The number of carbonyl (C=O) groups excluding carboxylic acids is 1. The summed E-state index contributed by atoms with van der Waals surface area (Å²) in [5.41, 5.74) is 2.36. The Labute approximate surface area is 184 Å². The van der Waals surface area contributed by atoms with Crippen molar-refractivity contribution in [2.45, 2.75) is 26.4 Å². The van der Waals surface area contributed by atoms with Crippen LogP contribution < -0.4 is 15.0 Å². The standard InChI is InChI=1S/C23H23F2N5O2/c1-15-7-8-30(13-15)21-20(17-10-26-14-27-11-17)9-16(12-28-21)22(31)29-18-3-5-19(6-4-18)32-23(2,24)25/h3-6,9-12,14-15H,7-8,13H2,1-2H3,(H,29,31)/t15-/m1/s1. The lowest BCUT2D eigenvalue weighted by molar-refractivity contribution is -0.158. The molecular weight excluding hydrogens is 416 g/mol. The maximum Gasteiger partial charge on any atom is 0.394 e. The number of rotatable bonds is 6. The first-order valence-corrected chi connectivity index (χ1v) is 10.3. The van der Waals surface area contributed by atoms with Crippen molar-refractivity contribution in [2.24, 2.45) is 5.92 Å². The van der Waals surface area contributed by atoms with Gasteiger partial charge in [0.25, 0.3) is 5.91 Å². The van der Waals surface area contributed by atoms with Crippen LogP contribution in [0.15, 0.2) is 55.2 Å². The first-order valence-electron chi connectivity index (χ1n) is 10.3. The summed E-state index contributed by atoms with van der Waals surface area (Å²) in [4.78, 5) is 27.8. The molecule has 1 amide bonds. The van der Waals surface area contributed by atoms with Gasteiger partial charge in [0.1, 0.15) is 17.9 Å².